The minimum Gasteiger partial charge on any atom is -0.507 e. The summed E-state index contributed by atoms with van der Waals surface area (Å²) >= 11 is 1.33. The van der Waals surface area contributed by atoms with Crippen molar-refractivity contribution >= 4 is 38.5 Å². The molecular formula is C28H30N2O5S. The van der Waals surface area contributed by atoms with E-state index in [0.29, 0.717) is 40.5 Å². The van der Waals surface area contributed by atoms with Crippen LogP contribution in [0.25, 0.3) is 31.8 Å². The average Bonchev–Trinajstić information content (AvgIpc) is 3.30. The molecule has 1 aliphatic heterocycles. The van der Waals surface area contributed by atoms with Gasteiger partial charge in [-0.2, -0.15) is 0 Å². The Morgan fingerprint density at radius 3 is 2.81 bits per heavy atom. The van der Waals surface area contributed by atoms with Crippen molar-refractivity contribution in [2.45, 2.75) is 59.0 Å². The number of aromatic hydroxyl groups is 1. The Hall–Kier alpha value is -3.23. The summed E-state index contributed by atoms with van der Waals surface area (Å²) in [5, 5.41) is 11.9. The van der Waals surface area contributed by atoms with E-state index in [1.54, 1.807) is 13.0 Å². The molecule has 2 aromatic heterocycles. The third-order valence-electron chi connectivity index (χ3n) is 6.98. The lowest BCUT2D eigenvalue weighted by molar-refractivity contribution is 0.0491. The van der Waals surface area contributed by atoms with Gasteiger partial charge in [0.25, 0.3) is 0 Å². The molecule has 7 nitrogen and oxygen atoms in total. The van der Waals surface area contributed by atoms with Crippen molar-refractivity contribution in [3.05, 3.63) is 57.4 Å². The number of hydrogen-bond donors (Lipinski definition) is 1. The number of benzene rings is 2. The normalized spacial score (nSPS) is 16.6. The van der Waals surface area contributed by atoms with Gasteiger partial charge < -0.3 is 14.3 Å². The molecule has 36 heavy (non-hydrogen) atoms. The Balaban J connectivity index is 1.79. The summed E-state index contributed by atoms with van der Waals surface area (Å²) in [6, 6.07) is 9.61. The number of para-hydroxylation sites is 1. The number of phenols is 1. The number of aromatic nitrogens is 1. The number of aryl methyl sites for hydroxylation is 1. The van der Waals surface area contributed by atoms with Gasteiger partial charge in [-0.3, -0.25) is 9.69 Å². The zero-order valence-corrected chi connectivity index (χ0v) is 21.6. The van der Waals surface area contributed by atoms with Crippen LogP contribution in [0.4, 0.5) is 0 Å². The summed E-state index contributed by atoms with van der Waals surface area (Å²) in [4.78, 5) is 34.0. The fraction of sp³-hybridized carbons (Fsp3) is 0.393. The molecule has 1 aliphatic rings. The molecule has 0 radical (unpaired) electrons. The van der Waals surface area contributed by atoms with Crippen LogP contribution >= 0.6 is 11.3 Å². The van der Waals surface area contributed by atoms with Gasteiger partial charge in [-0.1, -0.05) is 25.5 Å². The number of nitrogens with zero attached hydrogens (tertiary/aromatic N) is 2. The number of fused-ring (bicyclic) bond motifs is 2. The molecule has 8 heteroatoms. The van der Waals surface area contributed by atoms with Gasteiger partial charge in [0.2, 0.25) is 11.2 Å². The molecule has 188 valence electrons. The first-order valence-corrected chi connectivity index (χ1v) is 13.4. The van der Waals surface area contributed by atoms with Crippen LogP contribution in [0.3, 0.4) is 0 Å². The average molecular weight is 507 g/mol. The van der Waals surface area contributed by atoms with E-state index >= 15 is 0 Å². The summed E-state index contributed by atoms with van der Waals surface area (Å²) in [7, 11) is 0. The number of phenolic OH excluding ortho intramolecular Hbond substituents is 1. The zero-order chi connectivity index (χ0) is 25.4. The highest BCUT2D eigenvalue weighted by atomic mass is 32.1. The van der Waals surface area contributed by atoms with E-state index in [0.717, 1.165) is 29.6 Å². The number of piperidine rings is 1. The molecule has 0 amide bonds. The quantitative estimate of drug-likeness (QED) is 0.326. The third kappa shape index (κ3) is 4.29. The highest BCUT2D eigenvalue weighted by molar-refractivity contribution is 7.21. The molecule has 1 saturated heterocycles. The molecule has 4 aromatic rings. The second-order valence-corrected chi connectivity index (χ2v) is 10.3. The van der Waals surface area contributed by atoms with E-state index in [4.69, 9.17) is 9.15 Å². The molecule has 0 unspecified atom stereocenters. The third-order valence-corrected chi connectivity index (χ3v) is 8.04. The van der Waals surface area contributed by atoms with Crippen LogP contribution in [-0.2, 0) is 17.7 Å². The van der Waals surface area contributed by atoms with E-state index in [1.807, 2.05) is 31.2 Å². The Morgan fingerprint density at radius 2 is 2.08 bits per heavy atom. The predicted molar refractivity (Wildman–Crippen MR) is 142 cm³/mol. The fourth-order valence-corrected chi connectivity index (χ4v) is 5.98. The van der Waals surface area contributed by atoms with E-state index in [9.17, 15) is 14.7 Å². The van der Waals surface area contributed by atoms with Crippen molar-refractivity contribution in [1.29, 1.82) is 0 Å². The summed E-state index contributed by atoms with van der Waals surface area (Å²) in [5.41, 5.74) is 1.95. The van der Waals surface area contributed by atoms with Crippen LogP contribution in [0.2, 0.25) is 0 Å². The SMILES string of the molecule is CCOC(=O)c1oc2c(CN3CCCC[C@@H]3C)c(O)c(CC)cc2c(=O)c1-c1nc2ccccc2s1. The van der Waals surface area contributed by atoms with Crippen LogP contribution in [-0.4, -0.2) is 40.2 Å². The molecule has 5 rings (SSSR count). The van der Waals surface area contributed by atoms with Crippen LogP contribution < -0.4 is 5.43 Å². The van der Waals surface area contributed by atoms with Crippen molar-refractivity contribution in [2.75, 3.05) is 13.2 Å². The Kier molecular flexibility index (Phi) is 6.81. The van der Waals surface area contributed by atoms with Gasteiger partial charge in [-0.15, -0.1) is 11.3 Å². The predicted octanol–water partition coefficient (Wildman–Crippen LogP) is 5.89. The number of esters is 1. The molecule has 3 heterocycles. The van der Waals surface area contributed by atoms with Gasteiger partial charge in [0.1, 0.15) is 21.9 Å². The van der Waals surface area contributed by atoms with E-state index in [2.05, 4.69) is 16.8 Å². The molecule has 1 N–H and O–H groups in total. The lowest BCUT2D eigenvalue weighted by Gasteiger charge is -2.33. The van der Waals surface area contributed by atoms with Crippen LogP contribution in [0.1, 0.15) is 61.7 Å². The van der Waals surface area contributed by atoms with E-state index in [-0.39, 0.29) is 34.7 Å². The molecule has 0 spiro atoms. The summed E-state index contributed by atoms with van der Waals surface area (Å²) < 4.78 is 12.4. The zero-order valence-electron chi connectivity index (χ0n) is 20.8. The van der Waals surface area contributed by atoms with Crippen molar-refractivity contribution in [2.24, 2.45) is 0 Å². The minimum absolute atomic E-state index is 0.104. The number of rotatable bonds is 6. The molecule has 0 saturated carbocycles. The Morgan fingerprint density at radius 1 is 1.28 bits per heavy atom. The maximum absolute atomic E-state index is 14.0. The monoisotopic (exact) mass is 506 g/mol. The van der Waals surface area contributed by atoms with E-state index in [1.165, 1.54) is 17.8 Å². The Labute approximate surface area is 213 Å². The van der Waals surface area contributed by atoms with Crippen LogP contribution in [0.15, 0.2) is 39.5 Å². The molecule has 1 atom stereocenters. The molecule has 0 bridgehead atoms. The van der Waals surface area contributed by atoms with Gasteiger partial charge in [-0.25, -0.2) is 9.78 Å². The largest absolute Gasteiger partial charge is 0.507 e. The first-order valence-electron chi connectivity index (χ1n) is 12.5. The number of likely N-dealkylation sites (tertiary alicyclic amines) is 1. The summed E-state index contributed by atoms with van der Waals surface area (Å²) in [6.45, 7) is 7.29. The number of thiazole rings is 1. The number of carbonyl (C=O) groups excluding carboxylic acids is 1. The fourth-order valence-electron chi connectivity index (χ4n) is 4.97. The van der Waals surface area contributed by atoms with Gasteiger partial charge in [0.05, 0.1) is 27.8 Å². The lowest BCUT2D eigenvalue weighted by Crippen LogP contribution is -2.36. The molecule has 2 aromatic carbocycles. The molecular weight excluding hydrogens is 476 g/mol. The molecule has 0 aliphatic carbocycles. The highest BCUT2D eigenvalue weighted by Crippen LogP contribution is 2.37. The van der Waals surface area contributed by atoms with Crippen molar-refractivity contribution in [3.8, 4) is 16.3 Å². The first kappa shape index (κ1) is 24.5. The number of hydrogen-bond acceptors (Lipinski definition) is 8. The minimum atomic E-state index is -0.720. The van der Waals surface area contributed by atoms with Gasteiger partial charge >= 0.3 is 5.97 Å². The number of ether oxygens (including phenoxy) is 1. The van der Waals surface area contributed by atoms with Crippen molar-refractivity contribution in [3.63, 3.8) is 0 Å². The standard InChI is InChI=1S/C28H30N2O5S/c1-4-17-14-18-24(32)22(27-29-20-11-6-7-12-21(20)36-27)26(28(33)34-5-2)35-25(18)19(23(17)31)15-30-13-9-8-10-16(30)3/h6-7,11-12,14,16,31H,4-5,8-10,13,15H2,1-3H3/t16-/m0/s1. The van der Waals surface area contributed by atoms with E-state index < -0.39 is 5.97 Å². The summed E-state index contributed by atoms with van der Waals surface area (Å²) in [5.74, 6) is -0.777. The first-order chi connectivity index (χ1) is 17.4. The van der Waals surface area contributed by atoms with Crippen LogP contribution in [0.5, 0.6) is 5.75 Å². The highest BCUT2D eigenvalue weighted by Gasteiger charge is 2.29. The second-order valence-electron chi connectivity index (χ2n) is 9.25. The maximum Gasteiger partial charge on any atom is 0.375 e. The van der Waals surface area contributed by atoms with Gasteiger partial charge in [0.15, 0.2) is 0 Å². The lowest BCUT2D eigenvalue weighted by atomic mass is 9.98. The van der Waals surface area contributed by atoms with Gasteiger partial charge in [-0.05, 0) is 63.4 Å². The molecule has 1 fully saturated rings. The maximum atomic E-state index is 14.0. The van der Waals surface area contributed by atoms with Gasteiger partial charge in [0, 0.05) is 12.6 Å². The van der Waals surface area contributed by atoms with Crippen molar-refractivity contribution in [1.82, 2.24) is 9.88 Å². The topological polar surface area (TPSA) is 92.9 Å². The number of carbonyl (C=O) groups is 1. The van der Waals surface area contributed by atoms with Crippen LogP contribution in [0, 0.1) is 0 Å². The smallest absolute Gasteiger partial charge is 0.375 e. The Bertz CT molecular complexity index is 1470. The second kappa shape index (κ2) is 10.0. The van der Waals surface area contributed by atoms with Crippen molar-refractivity contribution < 1.29 is 19.1 Å². The summed E-state index contributed by atoms with van der Waals surface area (Å²) in [6.07, 6.45) is 3.88.